The summed E-state index contributed by atoms with van der Waals surface area (Å²) in [6, 6.07) is 0. The molecule has 0 aromatic rings. The largest absolute Gasteiger partial charge is 0.358 e. The first kappa shape index (κ1) is 10.1. The minimum Gasteiger partial charge on any atom is -0.358 e. The molecule has 0 aromatic heterocycles. The summed E-state index contributed by atoms with van der Waals surface area (Å²) in [5.41, 5.74) is 1.20. The highest BCUT2D eigenvalue weighted by molar-refractivity contribution is 8.23. The zero-order valence-corrected chi connectivity index (χ0v) is 9.14. The van der Waals surface area contributed by atoms with Crippen molar-refractivity contribution in [3.63, 3.8) is 0 Å². The van der Waals surface area contributed by atoms with Crippen molar-refractivity contribution < 1.29 is 0 Å². The van der Waals surface area contributed by atoms with E-state index in [1.54, 1.807) is 11.8 Å². The van der Waals surface area contributed by atoms with Crippen molar-refractivity contribution >= 4 is 28.3 Å². The van der Waals surface area contributed by atoms with Crippen molar-refractivity contribution in [2.75, 3.05) is 18.8 Å². The first-order valence-electron chi connectivity index (χ1n) is 4.26. The van der Waals surface area contributed by atoms with Gasteiger partial charge in [0.25, 0.3) is 0 Å². The highest BCUT2D eigenvalue weighted by Crippen LogP contribution is 2.17. The normalized spacial score (nSPS) is 16.6. The van der Waals surface area contributed by atoms with Crippen LogP contribution in [-0.4, -0.2) is 28.1 Å². The SMILES string of the molecule is C=C(C)CSC(=S)N1CCCC1. The van der Waals surface area contributed by atoms with Gasteiger partial charge < -0.3 is 4.90 Å². The molecule has 0 atom stereocenters. The zero-order chi connectivity index (χ0) is 8.97. The number of hydrogen-bond donors (Lipinski definition) is 0. The fraction of sp³-hybridized carbons (Fsp3) is 0.667. The number of thiocarbonyl (C=S) groups is 1. The molecule has 1 saturated heterocycles. The molecule has 0 spiro atoms. The van der Waals surface area contributed by atoms with Crippen LogP contribution in [0.25, 0.3) is 0 Å². The maximum Gasteiger partial charge on any atom is 0.136 e. The van der Waals surface area contributed by atoms with E-state index >= 15 is 0 Å². The van der Waals surface area contributed by atoms with E-state index < -0.39 is 0 Å². The molecule has 1 nitrogen and oxygen atoms in total. The van der Waals surface area contributed by atoms with Gasteiger partial charge in [0.1, 0.15) is 4.32 Å². The Kier molecular flexibility index (Phi) is 4.09. The molecule has 0 bridgehead atoms. The standard InChI is InChI=1S/C9H15NS2/c1-8(2)7-12-9(11)10-5-3-4-6-10/h1,3-7H2,2H3. The molecular formula is C9H15NS2. The zero-order valence-electron chi connectivity index (χ0n) is 7.51. The van der Waals surface area contributed by atoms with Crippen LogP contribution in [0.4, 0.5) is 0 Å². The van der Waals surface area contributed by atoms with Gasteiger partial charge in [-0.05, 0) is 19.8 Å². The number of hydrogen-bond acceptors (Lipinski definition) is 2. The predicted molar refractivity (Wildman–Crippen MR) is 60.7 cm³/mol. The Morgan fingerprint density at radius 3 is 2.58 bits per heavy atom. The van der Waals surface area contributed by atoms with Gasteiger partial charge in [0.05, 0.1) is 0 Å². The van der Waals surface area contributed by atoms with Gasteiger partial charge in [0.2, 0.25) is 0 Å². The molecule has 68 valence electrons. The lowest BCUT2D eigenvalue weighted by atomic mass is 10.4. The Hall–Kier alpha value is -0.0200. The molecule has 1 fully saturated rings. The van der Waals surface area contributed by atoms with Crippen LogP contribution in [0.15, 0.2) is 12.2 Å². The summed E-state index contributed by atoms with van der Waals surface area (Å²) in [5.74, 6) is 0.968. The van der Waals surface area contributed by atoms with Gasteiger partial charge in [0.15, 0.2) is 0 Å². The van der Waals surface area contributed by atoms with E-state index in [0.29, 0.717) is 0 Å². The molecule has 1 heterocycles. The van der Waals surface area contributed by atoms with Crippen LogP contribution >= 0.6 is 24.0 Å². The van der Waals surface area contributed by atoms with Crippen molar-refractivity contribution in [1.29, 1.82) is 0 Å². The van der Waals surface area contributed by atoms with Gasteiger partial charge in [-0.1, -0.05) is 36.1 Å². The van der Waals surface area contributed by atoms with Crippen molar-refractivity contribution in [3.05, 3.63) is 12.2 Å². The first-order chi connectivity index (χ1) is 5.70. The third kappa shape index (κ3) is 3.15. The number of rotatable bonds is 2. The quantitative estimate of drug-likeness (QED) is 0.499. The topological polar surface area (TPSA) is 3.24 Å². The van der Waals surface area contributed by atoms with E-state index in [2.05, 4.69) is 11.5 Å². The predicted octanol–water partition coefficient (Wildman–Crippen LogP) is 2.68. The maximum absolute atomic E-state index is 5.28. The second-order valence-corrected chi connectivity index (χ2v) is 4.82. The van der Waals surface area contributed by atoms with Crippen LogP contribution in [0.3, 0.4) is 0 Å². The molecule has 0 radical (unpaired) electrons. The number of nitrogens with zero attached hydrogens (tertiary/aromatic N) is 1. The highest BCUT2D eigenvalue weighted by Gasteiger charge is 2.14. The van der Waals surface area contributed by atoms with Gasteiger partial charge in [-0.15, -0.1) is 0 Å². The Balaban J connectivity index is 2.23. The smallest absolute Gasteiger partial charge is 0.136 e. The van der Waals surface area contributed by atoms with Crippen LogP contribution < -0.4 is 0 Å². The summed E-state index contributed by atoms with van der Waals surface area (Å²) >= 11 is 7.02. The van der Waals surface area contributed by atoms with E-state index in [4.69, 9.17) is 12.2 Å². The average molecular weight is 201 g/mol. The molecule has 0 unspecified atom stereocenters. The molecule has 0 aromatic carbocycles. The van der Waals surface area contributed by atoms with Gasteiger partial charge in [-0.2, -0.15) is 0 Å². The van der Waals surface area contributed by atoms with Crippen LogP contribution in [0.2, 0.25) is 0 Å². The van der Waals surface area contributed by atoms with E-state index in [0.717, 1.165) is 23.2 Å². The molecule has 12 heavy (non-hydrogen) atoms. The van der Waals surface area contributed by atoms with Crippen LogP contribution in [0, 0.1) is 0 Å². The second kappa shape index (κ2) is 4.87. The van der Waals surface area contributed by atoms with Crippen molar-refractivity contribution in [2.24, 2.45) is 0 Å². The Morgan fingerprint density at radius 1 is 1.50 bits per heavy atom. The Morgan fingerprint density at radius 2 is 2.08 bits per heavy atom. The second-order valence-electron chi connectivity index (χ2n) is 3.21. The lowest BCUT2D eigenvalue weighted by molar-refractivity contribution is 0.539. The fourth-order valence-electron chi connectivity index (χ4n) is 1.18. The summed E-state index contributed by atoms with van der Waals surface area (Å²) < 4.78 is 1.05. The number of thioether (sulfide) groups is 1. The molecule has 0 saturated carbocycles. The molecule has 1 rings (SSSR count). The van der Waals surface area contributed by atoms with Crippen LogP contribution in [0.1, 0.15) is 19.8 Å². The molecule has 0 N–H and O–H groups in total. The lowest BCUT2D eigenvalue weighted by Gasteiger charge is -2.17. The van der Waals surface area contributed by atoms with E-state index in [-0.39, 0.29) is 0 Å². The molecular weight excluding hydrogens is 186 g/mol. The average Bonchev–Trinajstić information content (AvgIpc) is 2.51. The number of likely N-dealkylation sites (tertiary alicyclic amines) is 1. The van der Waals surface area contributed by atoms with Crippen molar-refractivity contribution in [3.8, 4) is 0 Å². The highest BCUT2D eigenvalue weighted by atomic mass is 32.2. The van der Waals surface area contributed by atoms with Crippen molar-refractivity contribution in [2.45, 2.75) is 19.8 Å². The Bertz CT molecular complexity index is 183. The summed E-state index contributed by atoms with van der Waals surface area (Å²) in [7, 11) is 0. The first-order valence-corrected chi connectivity index (χ1v) is 5.65. The lowest BCUT2D eigenvalue weighted by Crippen LogP contribution is -2.23. The van der Waals surface area contributed by atoms with Crippen LogP contribution in [0.5, 0.6) is 0 Å². The third-order valence-corrected chi connectivity index (χ3v) is 3.56. The monoisotopic (exact) mass is 201 g/mol. The van der Waals surface area contributed by atoms with Gasteiger partial charge >= 0.3 is 0 Å². The summed E-state index contributed by atoms with van der Waals surface area (Å²) in [6.07, 6.45) is 2.60. The van der Waals surface area contributed by atoms with Gasteiger partial charge in [0, 0.05) is 18.8 Å². The van der Waals surface area contributed by atoms with E-state index in [1.165, 1.54) is 18.4 Å². The van der Waals surface area contributed by atoms with Gasteiger partial charge in [-0.25, -0.2) is 0 Å². The summed E-state index contributed by atoms with van der Waals surface area (Å²) in [4.78, 5) is 2.29. The molecule has 1 aliphatic heterocycles. The maximum atomic E-state index is 5.28. The van der Waals surface area contributed by atoms with E-state index in [1.807, 2.05) is 6.92 Å². The summed E-state index contributed by atoms with van der Waals surface area (Å²) in [5, 5.41) is 0. The van der Waals surface area contributed by atoms with Crippen molar-refractivity contribution in [1.82, 2.24) is 4.90 Å². The molecule has 3 heteroatoms. The molecule has 0 aliphatic carbocycles. The minimum atomic E-state index is 0.968. The third-order valence-electron chi connectivity index (χ3n) is 1.81. The van der Waals surface area contributed by atoms with Gasteiger partial charge in [-0.3, -0.25) is 0 Å². The summed E-state index contributed by atoms with van der Waals surface area (Å²) in [6.45, 7) is 8.21. The minimum absolute atomic E-state index is 0.968. The fourth-order valence-corrected chi connectivity index (χ4v) is 2.27. The van der Waals surface area contributed by atoms with E-state index in [9.17, 15) is 0 Å². The molecule has 0 amide bonds. The Labute approximate surface area is 84.2 Å². The van der Waals surface area contributed by atoms with Crippen LogP contribution in [-0.2, 0) is 0 Å². The molecule has 1 aliphatic rings.